The molecule has 0 bridgehead atoms. The minimum Gasteiger partial charge on any atom is -0.206 e. The van der Waals surface area contributed by atoms with Gasteiger partial charge in [0.05, 0.1) is 0 Å². The maximum absolute atomic E-state index is 15.8. The summed E-state index contributed by atoms with van der Waals surface area (Å²) < 4.78 is 46.7. The van der Waals surface area contributed by atoms with Gasteiger partial charge in [-0.05, 0) is 109 Å². The fraction of sp³-hybridized carbons (Fsp3) is 0.647. The Morgan fingerprint density at radius 2 is 1.24 bits per heavy atom. The van der Waals surface area contributed by atoms with Crippen LogP contribution >= 0.6 is 0 Å². The molecule has 0 N–H and O–H groups in total. The lowest BCUT2D eigenvalue weighted by Crippen LogP contribution is -2.23. The smallest absolute Gasteiger partial charge is 0.167 e. The summed E-state index contributed by atoms with van der Waals surface area (Å²) in [4.78, 5) is 0. The summed E-state index contributed by atoms with van der Waals surface area (Å²) in [6, 6.07) is 5.77. The van der Waals surface area contributed by atoms with Crippen molar-refractivity contribution in [1.29, 1.82) is 0 Å². The minimum atomic E-state index is -0.825. The second-order valence-electron chi connectivity index (χ2n) is 12.8. The summed E-state index contributed by atoms with van der Waals surface area (Å²) in [7, 11) is 0. The monoisotopic (exact) mass is 508 g/mol. The van der Waals surface area contributed by atoms with Crippen LogP contribution in [0.3, 0.4) is 0 Å². The Morgan fingerprint density at radius 1 is 0.622 bits per heavy atom. The molecular weight excluding hydrogens is 465 g/mol. The molecule has 0 saturated heterocycles. The SMILES string of the molecule is CCCCC1CCC(c2ccc3c(c2F)-c2c-3cc(C3CCC(C4CCCCC4)CC3)c(F)c2F)CC1. The Labute approximate surface area is 221 Å². The molecule has 0 unspecified atom stereocenters. The average Bonchev–Trinajstić information content (AvgIpc) is 2.93. The molecule has 37 heavy (non-hydrogen) atoms. The van der Waals surface area contributed by atoms with Gasteiger partial charge in [0.25, 0.3) is 0 Å². The summed E-state index contributed by atoms with van der Waals surface area (Å²) in [5.74, 6) is 0.764. The largest absolute Gasteiger partial charge is 0.206 e. The van der Waals surface area contributed by atoms with E-state index in [2.05, 4.69) is 6.92 Å². The van der Waals surface area contributed by atoms with E-state index in [0.29, 0.717) is 22.3 Å². The number of fused-ring (bicyclic) bond motifs is 4. The van der Waals surface area contributed by atoms with Gasteiger partial charge in [-0.3, -0.25) is 0 Å². The fourth-order valence-electron chi connectivity index (χ4n) is 8.48. The standard InChI is InChI=1S/C34H43F3/c1-2-3-7-21-10-12-24(13-11-21)26-18-19-27-29-20-28(33(36)34(37)31(29)30(27)32(26)35)25-16-14-23(15-17-25)22-8-5-4-6-9-22/h18-25H,2-17H2,1H3. The minimum absolute atomic E-state index is 0.0794. The van der Waals surface area contributed by atoms with E-state index in [9.17, 15) is 0 Å². The molecular formula is C34H43F3. The Bertz CT molecular complexity index is 1110. The Hall–Kier alpha value is -1.77. The normalized spacial score (nSPS) is 27.9. The number of hydrogen-bond donors (Lipinski definition) is 0. The highest BCUT2D eigenvalue weighted by Crippen LogP contribution is 2.54. The first-order valence-corrected chi connectivity index (χ1v) is 15.4. The van der Waals surface area contributed by atoms with E-state index in [0.717, 1.165) is 74.7 Å². The molecule has 0 radical (unpaired) electrons. The molecule has 0 aliphatic heterocycles. The summed E-state index contributed by atoms with van der Waals surface area (Å²) >= 11 is 0. The van der Waals surface area contributed by atoms with Crippen LogP contribution < -0.4 is 0 Å². The topological polar surface area (TPSA) is 0 Å². The van der Waals surface area contributed by atoms with Gasteiger partial charge in [0.2, 0.25) is 0 Å². The highest BCUT2D eigenvalue weighted by Gasteiger charge is 2.37. The number of hydrogen-bond acceptors (Lipinski definition) is 0. The maximum Gasteiger partial charge on any atom is 0.167 e. The molecule has 3 saturated carbocycles. The van der Waals surface area contributed by atoms with Gasteiger partial charge < -0.3 is 0 Å². The zero-order chi connectivity index (χ0) is 25.5. The molecule has 2 aromatic carbocycles. The van der Waals surface area contributed by atoms with Gasteiger partial charge >= 0.3 is 0 Å². The van der Waals surface area contributed by atoms with E-state index < -0.39 is 11.6 Å². The van der Waals surface area contributed by atoms with Crippen LogP contribution in [0.4, 0.5) is 13.2 Å². The van der Waals surface area contributed by atoms with Crippen molar-refractivity contribution in [2.75, 3.05) is 0 Å². The van der Waals surface area contributed by atoms with E-state index in [1.807, 2.05) is 18.2 Å². The van der Waals surface area contributed by atoms with Crippen LogP contribution in [0.2, 0.25) is 0 Å². The van der Waals surface area contributed by atoms with Crippen LogP contribution in [0.25, 0.3) is 22.3 Å². The van der Waals surface area contributed by atoms with Crippen molar-refractivity contribution in [3.63, 3.8) is 0 Å². The molecule has 0 amide bonds. The summed E-state index contributed by atoms with van der Waals surface area (Å²) in [5, 5.41) is 0. The molecule has 0 heterocycles. The summed E-state index contributed by atoms with van der Waals surface area (Å²) in [5.41, 5.74) is 3.23. The maximum atomic E-state index is 15.8. The molecule has 4 aliphatic carbocycles. The van der Waals surface area contributed by atoms with Gasteiger partial charge in [-0.25, -0.2) is 13.2 Å². The van der Waals surface area contributed by atoms with Gasteiger partial charge in [-0.1, -0.05) is 70.4 Å². The first kappa shape index (κ1) is 25.5. The predicted molar refractivity (Wildman–Crippen MR) is 146 cm³/mol. The third-order valence-electron chi connectivity index (χ3n) is 10.7. The molecule has 200 valence electrons. The Balaban J connectivity index is 1.18. The predicted octanol–water partition coefficient (Wildman–Crippen LogP) is 11.1. The lowest BCUT2D eigenvalue weighted by molar-refractivity contribution is 0.185. The third kappa shape index (κ3) is 4.67. The van der Waals surface area contributed by atoms with E-state index in [1.165, 1.54) is 51.4 Å². The highest BCUT2D eigenvalue weighted by atomic mass is 19.2. The van der Waals surface area contributed by atoms with Gasteiger partial charge in [-0.15, -0.1) is 0 Å². The zero-order valence-corrected chi connectivity index (χ0v) is 22.6. The summed E-state index contributed by atoms with van der Waals surface area (Å²) in [6.07, 6.45) is 19.0. The average molecular weight is 509 g/mol. The van der Waals surface area contributed by atoms with Gasteiger partial charge in [0.1, 0.15) is 5.82 Å². The van der Waals surface area contributed by atoms with Gasteiger partial charge in [-0.2, -0.15) is 0 Å². The van der Waals surface area contributed by atoms with Crippen molar-refractivity contribution in [3.05, 3.63) is 46.8 Å². The highest BCUT2D eigenvalue weighted by molar-refractivity contribution is 6.03. The lowest BCUT2D eigenvalue weighted by atomic mass is 9.68. The molecule has 0 spiro atoms. The molecule has 3 heteroatoms. The molecule has 4 aliphatic rings. The number of halogens is 3. The molecule has 0 atom stereocenters. The van der Waals surface area contributed by atoms with Crippen molar-refractivity contribution < 1.29 is 13.2 Å². The second-order valence-corrected chi connectivity index (χ2v) is 12.8. The van der Waals surface area contributed by atoms with Crippen molar-refractivity contribution >= 4 is 0 Å². The van der Waals surface area contributed by atoms with Crippen molar-refractivity contribution in [2.45, 2.75) is 121 Å². The van der Waals surface area contributed by atoms with Crippen molar-refractivity contribution in [3.8, 4) is 22.3 Å². The molecule has 3 fully saturated rings. The van der Waals surface area contributed by atoms with Crippen LogP contribution in [0.5, 0.6) is 0 Å². The van der Waals surface area contributed by atoms with Crippen LogP contribution in [0.1, 0.15) is 133 Å². The summed E-state index contributed by atoms with van der Waals surface area (Å²) in [6.45, 7) is 2.23. The molecule has 2 aromatic rings. The number of unbranched alkanes of at least 4 members (excludes halogenated alkanes) is 1. The quantitative estimate of drug-likeness (QED) is 0.311. The van der Waals surface area contributed by atoms with Crippen LogP contribution in [-0.4, -0.2) is 0 Å². The number of benzene rings is 2. The molecule has 6 rings (SSSR count). The Kier molecular flexibility index (Phi) is 7.43. The fourth-order valence-corrected chi connectivity index (χ4v) is 8.48. The van der Waals surface area contributed by atoms with E-state index in [-0.39, 0.29) is 23.2 Å². The molecule has 0 aromatic heterocycles. The van der Waals surface area contributed by atoms with Crippen LogP contribution in [0, 0.1) is 35.2 Å². The van der Waals surface area contributed by atoms with Crippen molar-refractivity contribution in [2.24, 2.45) is 17.8 Å². The Morgan fingerprint density at radius 3 is 1.95 bits per heavy atom. The van der Waals surface area contributed by atoms with Crippen LogP contribution in [0.15, 0.2) is 18.2 Å². The van der Waals surface area contributed by atoms with E-state index in [4.69, 9.17) is 0 Å². The van der Waals surface area contributed by atoms with E-state index >= 15 is 13.2 Å². The lowest BCUT2D eigenvalue weighted by Gasteiger charge is -2.37. The first-order chi connectivity index (χ1) is 18.1. The van der Waals surface area contributed by atoms with Gasteiger partial charge in [0, 0.05) is 11.1 Å². The zero-order valence-electron chi connectivity index (χ0n) is 22.6. The number of rotatable bonds is 6. The molecule has 0 nitrogen and oxygen atoms in total. The second kappa shape index (κ2) is 10.8. The van der Waals surface area contributed by atoms with E-state index in [1.54, 1.807) is 0 Å². The first-order valence-electron chi connectivity index (χ1n) is 15.4. The van der Waals surface area contributed by atoms with Crippen LogP contribution in [-0.2, 0) is 0 Å². The third-order valence-corrected chi connectivity index (χ3v) is 10.7. The van der Waals surface area contributed by atoms with Crippen molar-refractivity contribution in [1.82, 2.24) is 0 Å². The van der Waals surface area contributed by atoms with Gasteiger partial charge in [0.15, 0.2) is 11.6 Å².